The number of hydrogen-bond acceptors (Lipinski definition) is 4. The third-order valence-corrected chi connectivity index (χ3v) is 6.28. The molecular weight excluding hydrogens is 340 g/mol. The molecule has 1 aliphatic carbocycles. The van der Waals surface area contributed by atoms with Crippen LogP contribution >= 0.6 is 0 Å². The topological polar surface area (TPSA) is 75.7 Å². The zero-order valence-corrected chi connectivity index (χ0v) is 15.3. The molecule has 25 heavy (non-hydrogen) atoms. The minimum atomic E-state index is -3.69. The lowest BCUT2D eigenvalue weighted by molar-refractivity contribution is -0.130. The van der Waals surface area contributed by atoms with Crippen molar-refractivity contribution in [2.24, 2.45) is 0 Å². The van der Waals surface area contributed by atoms with E-state index in [1.807, 2.05) is 0 Å². The van der Waals surface area contributed by atoms with Crippen LogP contribution in [0, 0.1) is 0 Å². The Hall–Kier alpha value is -1.60. The van der Waals surface area contributed by atoms with Crippen molar-refractivity contribution in [1.82, 2.24) is 9.62 Å². The predicted octanol–water partition coefficient (Wildman–Crippen LogP) is 2.30. The van der Waals surface area contributed by atoms with E-state index in [2.05, 4.69) is 4.72 Å². The summed E-state index contributed by atoms with van der Waals surface area (Å²) in [5.41, 5.74) is 0. The molecule has 3 rings (SSSR count). The maximum atomic E-state index is 12.4. The summed E-state index contributed by atoms with van der Waals surface area (Å²) in [7, 11) is -3.69. The van der Waals surface area contributed by atoms with Crippen LogP contribution in [0.4, 0.5) is 0 Å². The summed E-state index contributed by atoms with van der Waals surface area (Å²) < 4.78 is 33.0. The van der Waals surface area contributed by atoms with Gasteiger partial charge in [-0.15, -0.1) is 0 Å². The summed E-state index contributed by atoms with van der Waals surface area (Å²) in [6.45, 7) is 1.24. The molecular formula is C18H26N2O4S. The van der Waals surface area contributed by atoms with Gasteiger partial charge in [0.05, 0.1) is 17.5 Å². The molecule has 6 nitrogen and oxygen atoms in total. The highest BCUT2D eigenvalue weighted by atomic mass is 32.2. The van der Waals surface area contributed by atoms with Gasteiger partial charge in [-0.2, -0.15) is 0 Å². The van der Waals surface area contributed by atoms with E-state index in [9.17, 15) is 13.2 Å². The fraction of sp³-hybridized carbons (Fsp3) is 0.611. The molecule has 1 N–H and O–H groups in total. The normalized spacial score (nSPS) is 19.1. The number of nitrogens with zero attached hydrogens (tertiary/aromatic N) is 1. The van der Waals surface area contributed by atoms with E-state index in [1.54, 1.807) is 17.0 Å². The van der Waals surface area contributed by atoms with Crippen molar-refractivity contribution in [2.45, 2.75) is 55.9 Å². The van der Waals surface area contributed by atoms with E-state index in [0.29, 0.717) is 18.8 Å². The second kappa shape index (κ2) is 8.19. The van der Waals surface area contributed by atoms with Gasteiger partial charge in [-0.05, 0) is 69.2 Å². The van der Waals surface area contributed by atoms with Gasteiger partial charge in [-0.25, -0.2) is 13.1 Å². The first-order valence-corrected chi connectivity index (χ1v) is 10.6. The van der Waals surface area contributed by atoms with Crippen LogP contribution < -0.4 is 9.46 Å². The molecule has 1 saturated carbocycles. The number of carbonyl (C=O) groups is 1. The Labute approximate surface area is 149 Å². The van der Waals surface area contributed by atoms with Gasteiger partial charge >= 0.3 is 0 Å². The van der Waals surface area contributed by atoms with Crippen molar-refractivity contribution in [3.8, 4) is 5.75 Å². The quantitative estimate of drug-likeness (QED) is 0.838. The van der Waals surface area contributed by atoms with Gasteiger partial charge in [-0.1, -0.05) is 0 Å². The first-order valence-electron chi connectivity index (χ1n) is 9.09. The van der Waals surface area contributed by atoms with E-state index in [0.717, 1.165) is 32.1 Å². The molecule has 1 saturated heterocycles. The van der Waals surface area contributed by atoms with E-state index in [-0.39, 0.29) is 23.5 Å². The predicted molar refractivity (Wildman–Crippen MR) is 94.9 cm³/mol. The monoisotopic (exact) mass is 366 g/mol. The minimum absolute atomic E-state index is 0.151. The Balaban J connectivity index is 1.54. The number of benzene rings is 1. The number of piperidine rings is 1. The number of hydrogen-bond donors (Lipinski definition) is 1. The molecule has 0 bridgehead atoms. The molecule has 0 unspecified atom stereocenters. The van der Waals surface area contributed by atoms with Crippen LogP contribution in [0.1, 0.15) is 44.9 Å². The zero-order chi connectivity index (χ0) is 17.7. The van der Waals surface area contributed by atoms with Gasteiger partial charge < -0.3 is 9.64 Å². The number of rotatable bonds is 6. The summed E-state index contributed by atoms with van der Waals surface area (Å²) in [4.78, 5) is 14.0. The Morgan fingerprint density at radius 3 is 2.32 bits per heavy atom. The van der Waals surface area contributed by atoms with Crippen LogP contribution in [-0.4, -0.2) is 45.0 Å². The van der Waals surface area contributed by atoms with Crippen molar-refractivity contribution < 1.29 is 17.9 Å². The van der Waals surface area contributed by atoms with Gasteiger partial charge in [0.25, 0.3) is 0 Å². The SMILES string of the molecule is O=C(CNS(=O)(=O)c1ccc(OC2CCCC2)cc1)N1CCCCC1. The second-order valence-corrected chi connectivity index (χ2v) is 8.53. The van der Waals surface area contributed by atoms with E-state index in [1.165, 1.54) is 25.0 Å². The lowest BCUT2D eigenvalue weighted by Gasteiger charge is -2.26. The highest BCUT2D eigenvalue weighted by Gasteiger charge is 2.21. The van der Waals surface area contributed by atoms with Crippen LogP contribution in [0.5, 0.6) is 5.75 Å². The smallest absolute Gasteiger partial charge is 0.241 e. The summed E-state index contributed by atoms with van der Waals surface area (Å²) in [6.07, 6.45) is 7.83. The molecule has 0 aromatic heterocycles. The molecule has 1 aromatic carbocycles. The molecule has 0 spiro atoms. The van der Waals surface area contributed by atoms with Crippen LogP contribution in [0.25, 0.3) is 0 Å². The van der Waals surface area contributed by atoms with Crippen molar-refractivity contribution in [1.29, 1.82) is 0 Å². The zero-order valence-electron chi connectivity index (χ0n) is 14.4. The third-order valence-electron chi connectivity index (χ3n) is 4.86. The van der Waals surface area contributed by atoms with Crippen molar-refractivity contribution >= 4 is 15.9 Å². The summed E-state index contributed by atoms with van der Waals surface area (Å²) in [5, 5.41) is 0. The van der Waals surface area contributed by atoms with Crippen LogP contribution in [0.15, 0.2) is 29.2 Å². The van der Waals surface area contributed by atoms with Crippen molar-refractivity contribution in [2.75, 3.05) is 19.6 Å². The lowest BCUT2D eigenvalue weighted by atomic mass is 10.1. The second-order valence-electron chi connectivity index (χ2n) is 6.76. The van der Waals surface area contributed by atoms with E-state index >= 15 is 0 Å². The lowest BCUT2D eigenvalue weighted by Crippen LogP contribution is -2.42. The van der Waals surface area contributed by atoms with Gasteiger partial charge in [0.2, 0.25) is 15.9 Å². The number of likely N-dealkylation sites (tertiary alicyclic amines) is 1. The first-order chi connectivity index (χ1) is 12.0. The number of sulfonamides is 1. The first kappa shape index (κ1) is 18.2. The van der Waals surface area contributed by atoms with Gasteiger partial charge in [0, 0.05) is 13.1 Å². The number of amides is 1. The Morgan fingerprint density at radius 1 is 1.04 bits per heavy atom. The van der Waals surface area contributed by atoms with Crippen LogP contribution in [-0.2, 0) is 14.8 Å². The summed E-state index contributed by atoms with van der Waals surface area (Å²) in [5.74, 6) is 0.528. The van der Waals surface area contributed by atoms with Gasteiger partial charge in [0.1, 0.15) is 5.75 Å². The molecule has 0 atom stereocenters. The van der Waals surface area contributed by atoms with Crippen molar-refractivity contribution in [3.63, 3.8) is 0 Å². The fourth-order valence-electron chi connectivity index (χ4n) is 3.39. The van der Waals surface area contributed by atoms with Gasteiger partial charge in [0.15, 0.2) is 0 Å². The molecule has 7 heteroatoms. The Kier molecular flexibility index (Phi) is 5.96. The average Bonchev–Trinajstić information content (AvgIpc) is 3.14. The molecule has 1 amide bonds. The molecule has 0 radical (unpaired) electrons. The summed E-state index contributed by atoms with van der Waals surface area (Å²) >= 11 is 0. The Bertz CT molecular complexity index is 676. The minimum Gasteiger partial charge on any atom is -0.490 e. The largest absolute Gasteiger partial charge is 0.490 e. The van der Waals surface area contributed by atoms with Crippen LogP contribution in [0.3, 0.4) is 0 Å². The molecule has 138 valence electrons. The maximum absolute atomic E-state index is 12.4. The van der Waals surface area contributed by atoms with Crippen LogP contribution in [0.2, 0.25) is 0 Å². The van der Waals surface area contributed by atoms with E-state index < -0.39 is 10.0 Å². The molecule has 1 heterocycles. The number of ether oxygens (including phenoxy) is 1. The molecule has 1 aliphatic heterocycles. The highest BCUT2D eigenvalue weighted by Crippen LogP contribution is 2.24. The number of carbonyl (C=O) groups excluding carboxylic acids is 1. The Morgan fingerprint density at radius 2 is 1.68 bits per heavy atom. The van der Waals surface area contributed by atoms with E-state index in [4.69, 9.17) is 4.74 Å². The molecule has 1 aromatic rings. The molecule has 2 aliphatic rings. The third kappa shape index (κ3) is 4.95. The molecule has 2 fully saturated rings. The highest BCUT2D eigenvalue weighted by molar-refractivity contribution is 7.89. The standard InChI is InChI=1S/C18H26N2O4S/c21-18(20-12-4-1-5-13-20)14-19-25(22,23)17-10-8-16(9-11-17)24-15-6-2-3-7-15/h8-11,15,19H,1-7,12-14H2. The summed E-state index contributed by atoms with van der Waals surface area (Å²) in [6, 6.07) is 6.41. The maximum Gasteiger partial charge on any atom is 0.241 e. The average molecular weight is 366 g/mol. The number of nitrogens with one attached hydrogen (secondary N) is 1. The fourth-order valence-corrected chi connectivity index (χ4v) is 4.37. The van der Waals surface area contributed by atoms with Crippen molar-refractivity contribution in [3.05, 3.63) is 24.3 Å². The van der Waals surface area contributed by atoms with Gasteiger partial charge in [-0.3, -0.25) is 4.79 Å².